The summed E-state index contributed by atoms with van der Waals surface area (Å²) in [7, 11) is -2.98. The molecule has 0 N–H and O–H groups in total. The van der Waals surface area contributed by atoms with Gasteiger partial charge in [0.05, 0.1) is 6.26 Å². The van der Waals surface area contributed by atoms with Crippen LogP contribution in [0.25, 0.3) is 0 Å². The van der Waals surface area contributed by atoms with E-state index in [0.29, 0.717) is 5.41 Å². The molecule has 2 atom stereocenters. The van der Waals surface area contributed by atoms with Crippen molar-refractivity contribution in [2.24, 2.45) is 5.41 Å². The lowest BCUT2D eigenvalue weighted by Gasteiger charge is -2.41. The van der Waals surface area contributed by atoms with E-state index in [1.54, 1.807) is 4.31 Å². The van der Waals surface area contributed by atoms with Crippen LogP contribution in [-0.4, -0.2) is 31.1 Å². The van der Waals surface area contributed by atoms with Gasteiger partial charge in [0, 0.05) is 12.1 Å². The van der Waals surface area contributed by atoms with Crippen molar-refractivity contribution in [1.29, 1.82) is 0 Å². The van der Waals surface area contributed by atoms with E-state index >= 15 is 0 Å². The second kappa shape index (κ2) is 2.95. The first-order valence-electron chi connectivity index (χ1n) is 5.28. The van der Waals surface area contributed by atoms with Crippen LogP contribution in [0.5, 0.6) is 0 Å². The molecule has 82 valence electrons. The third-order valence-electron chi connectivity index (χ3n) is 3.51. The van der Waals surface area contributed by atoms with Gasteiger partial charge in [-0.2, -0.15) is 4.31 Å². The summed E-state index contributed by atoms with van der Waals surface area (Å²) in [4.78, 5) is 0. The summed E-state index contributed by atoms with van der Waals surface area (Å²) in [5.74, 6) is 0. The molecular formula is C10H19NO2S. The zero-order chi connectivity index (χ0) is 10.6. The van der Waals surface area contributed by atoms with Gasteiger partial charge in [0.2, 0.25) is 10.0 Å². The normalized spacial score (nSPS) is 37.4. The number of rotatable bonds is 1. The number of hydrogen-bond donors (Lipinski definition) is 0. The molecule has 2 bridgehead atoms. The first-order valence-corrected chi connectivity index (χ1v) is 7.13. The molecule has 2 rings (SSSR count). The fourth-order valence-electron chi connectivity index (χ4n) is 3.22. The standard InChI is InChI=1S/C10H19NO2S/c1-10(2)6-8-4-5-9(7-10)11(8)14(3,12)13/h8-9H,4-7H2,1-3H3. The van der Waals surface area contributed by atoms with Crippen molar-refractivity contribution in [3.05, 3.63) is 0 Å². The van der Waals surface area contributed by atoms with Gasteiger partial charge in [0.1, 0.15) is 0 Å². The molecule has 2 aliphatic rings. The maximum atomic E-state index is 11.6. The largest absolute Gasteiger partial charge is 0.212 e. The van der Waals surface area contributed by atoms with E-state index in [4.69, 9.17) is 0 Å². The number of piperidine rings is 1. The van der Waals surface area contributed by atoms with E-state index in [-0.39, 0.29) is 12.1 Å². The zero-order valence-corrected chi connectivity index (χ0v) is 9.97. The molecule has 2 aliphatic heterocycles. The Labute approximate surface area is 86.5 Å². The molecule has 2 unspecified atom stereocenters. The van der Waals surface area contributed by atoms with Crippen molar-refractivity contribution >= 4 is 10.0 Å². The third kappa shape index (κ3) is 1.70. The molecule has 0 saturated carbocycles. The summed E-state index contributed by atoms with van der Waals surface area (Å²) in [6.45, 7) is 4.50. The third-order valence-corrected chi connectivity index (χ3v) is 4.87. The average Bonchev–Trinajstić information content (AvgIpc) is 2.22. The van der Waals surface area contributed by atoms with Crippen LogP contribution in [0.1, 0.15) is 39.5 Å². The lowest BCUT2D eigenvalue weighted by molar-refractivity contribution is 0.130. The van der Waals surface area contributed by atoms with Crippen LogP contribution < -0.4 is 0 Å². The lowest BCUT2D eigenvalue weighted by Crippen LogP contribution is -2.48. The number of sulfonamides is 1. The summed E-state index contributed by atoms with van der Waals surface area (Å²) < 4.78 is 24.9. The van der Waals surface area contributed by atoms with E-state index < -0.39 is 10.0 Å². The Balaban J connectivity index is 2.27. The zero-order valence-electron chi connectivity index (χ0n) is 9.16. The summed E-state index contributed by atoms with van der Waals surface area (Å²) >= 11 is 0. The molecule has 14 heavy (non-hydrogen) atoms. The minimum Gasteiger partial charge on any atom is -0.212 e. The SMILES string of the molecule is CC1(C)CC2CCC(C1)N2S(C)(=O)=O. The highest BCUT2D eigenvalue weighted by molar-refractivity contribution is 7.88. The van der Waals surface area contributed by atoms with Crippen molar-refractivity contribution in [2.75, 3.05) is 6.26 Å². The van der Waals surface area contributed by atoms with Crippen molar-refractivity contribution in [1.82, 2.24) is 4.31 Å². The van der Waals surface area contributed by atoms with Crippen LogP contribution in [0.3, 0.4) is 0 Å². The van der Waals surface area contributed by atoms with Gasteiger partial charge < -0.3 is 0 Å². The average molecular weight is 217 g/mol. The molecule has 0 aromatic carbocycles. The topological polar surface area (TPSA) is 37.4 Å². The summed E-state index contributed by atoms with van der Waals surface area (Å²) in [5.41, 5.74) is 0.326. The number of nitrogens with zero attached hydrogens (tertiary/aromatic N) is 1. The minimum atomic E-state index is -2.98. The second-order valence-electron chi connectivity index (χ2n) is 5.55. The van der Waals surface area contributed by atoms with E-state index in [1.807, 2.05) is 0 Å². The first kappa shape index (κ1) is 10.4. The lowest BCUT2D eigenvalue weighted by atomic mass is 9.79. The van der Waals surface area contributed by atoms with Crippen LogP contribution >= 0.6 is 0 Å². The van der Waals surface area contributed by atoms with Crippen molar-refractivity contribution in [2.45, 2.75) is 51.6 Å². The predicted octanol–water partition coefficient (Wildman–Crippen LogP) is 1.60. The van der Waals surface area contributed by atoms with Gasteiger partial charge in [-0.3, -0.25) is 0 Å². The van der Waals surface area contributed by atoms with Gasteiger partial charge in [-0.05, 0) is 31.1 Å². The molecule has 2 saturated heterocycles. The van der Waals surface area contributed by atoms with E-state index in [1.165, 1.54) is 6.26 Å². The number of hydrogen-bond acceptors (Lipinski definition) is 2. The number of fused-ring (bicyclic) bond motifs is 2. The molecule has 0 aromatic rings. The molecule has 0 aromatic heterocycles. The van der Waals surface area contributed by atoms with Crippen LogP contribution in [0.4, 0.5) is 0 Å². The van der Waals surface area contributed by atoms with Gasteiger partial charge in [-0.15, -0.1) is 0 Å². The molecule has 0 spiro atoms. The van der Waals surface area contributed by atoms with Crippen LogP contribution in [0.2, 0.25) is 0 Å². The molecule has 0 aliphatic carbocycles. The summed E-state index contributed by atoms with van der Waals surface area (Å²) in [5, 5.41) is 0. The molecule has 3 nitrogen and oxygen atoms in total. The quantitative estimate of drug-likeness (QED) is 0.669. The Morgan fingerprint density at radius 3 is 1.93 bits per heavy atom. The fraction of sp³-hybridized carbons (Fsp3) is 1.00. The van der Waals surface area contributed by atoms with Crippen molar-refractivity contribution in [3.63, 3.8) is 0 Å². The Morgan fingerprint density at radius 1 is 1.14 bits per heavy atom. The van der Waals surface area contributed by atoms with Gasteiger partial charge in [0.15, 0.2) is 0 Å². The Kier molecular flexibility index (Phi) is 2.20. The first-order chi connectivity index (χ1) is 6.30. The highest BCUT2D eigenvalue weighted by Crippen LogP contribution is 2.45. The Bertz CT molecular complexity index is 318. The maximum Gasteiger partial charge on any atom is 0.211 e. The highest BCUT2D eigenvalue weighted by Gasteiger charge is 2.47. The van der Waals surface area contributed by atoms with Gasteiger partial charge in [0.25, 0.3) is 0 Å². The van der Waals surface area contributed by atoms with Gasteiger partial charge >= 0.3 is 0 Å². The second-order valence-corrected chi connectivity index (χ2v) is 7.44. The summed E-state index contributed by atoms with van der Waals surface area (Å²) in [6.07, 6.45) is 5.51. The molecule has 0 radical (unpaired) electrons. The Morgan fingerprint density at radius 2 is 1.57 bits per heavy atom. The van der Waals surface area contributed by atoms with E-state index in [0.717, 1.165) is 25.7 Å². The van der Waals surface area contributed by atoms with Crippen molar-refractivity contribution < 1.29 is 8.42 Å². The molecule has 0 amide bonds. The molecule has 2 heterocycles. The van der Waals surface area contributed by atoms with Crippen LogP contribution in [0, 0.1) is 5.41 Å². The smallest absolute Gasteiger partial charge is 0.211 e. The highest BCUT2D eigenvalue weighted by atomic mass is 32.2. The Hall–Kier alpha value is -0.0900. The predicted molar refractivity (Wildman–Crippen MR) is 56.5 cm³/mol. The fourth-order valence-corrected chi connectivity index (χ4v) is 4.67. The maximum absolute atomic E-state index is 11.6. The molecule has 4 heteroatoms. The molecule has 2 fully saturated rings. The van der Waals surface area contributed by atoms with Crippen LogP contribution in [0.15, 0.2) is 0 Å². The van der Waals surface area contributed by atoms with E-state index in [2.05, 4.69) is 13.8 Å². The van der Waals surface area contributed by atoms with Crippen molar-refractivity contribution in [3.8, 4) is 0 Å². The van der Waals surface area contributed by atoms with Gasteiger partial charge in [-0.1, -0.05) is 13.8 Å². The summed E-state index contributed by atoms with van der Waals surface area (Å²) in [6, 6.07) is 0.553. The monoisotopic (exact) mass is 217 g/mol. The van der Waals surface area contributed by atoms with Crippen LogP contribution in [-0.2, 0) is 10.0 Å². The van der Waals surface area contributed by atoms with E-state index in [9.17, 15) is 8.42 Å². The minimum absolute atomic E-state index is 0.277. The van der Waals surface area contributed by atoms with Gasteiger partial charge in [-0.25, -0.2) is 8.42 Å². The molecular weight excluding hydrogens is 198 g/mol.